The Balaban J connectivity index is 1.89. The van der Waals surface area contributed by atoms with Gasteiger partial charge in [-0.3, -0.25) is 0 Å². The van der Waals surface area contributed by atoms with Gasteiger partial charge in [-0.1, -0.05) is 13.8 Å². The Kier molecular flexibility index (Phi) is 4.87. The van der Waals surface area contributed by atoms with Crippen molar-refractivity contribution in [1.29, 1.82) is 0 Å². The average molecular weight is 267 g/mol. The molecule has 6 nitrogen and oxygen atoms in total. The molecule has 1 fully saturated rings. The molecular weight excluding hydrogens is 242 g/mol. The van der Waals surface area contributed by atoms with Crippen LogP contribution in [0.25, 0.3) is 0 Å². The first-order valence-electron chi connectivity index (χ1n) is 7.09. The summed E-state index contributed by atoms with van der Waals surface area (Å²) in [5, 5.41) is 15.4. The molecule has 0 unspecified atom stereocenters. The highest BCUT2D eigenvalue weighted by atomic mass is 16.5. The lowest BCUT2D eigenvalue weighted by Gasteiger charge is -2.34. The largest absolute Gasteiger partial charge is 0.383 e. The molecular formula is C13H25N5O. The van der Waals surface area contributed by atoms with Crippen molar-refractivity contribution in [3.8, 4) is 0 Å². The molecule has 1 heterocycles. The van der Waals surface area contributed by atoms with Crippen LogP contribution < -0.4 is 5.32 Å². The van der Waals surface area contributed by atoms with E-state index in [2.05, 4.69) is 34.7 Å². The first-order chi connectivity index (χ1) is 9.12. The van der Waals surface area contributed by atoms with E-state index in [9.17, 15) is 0 Å². The zero-order valence-corrected chi connectivity index (χ0v) is 12.2. The molecule has 19 heavy (non-hydrogen) atoms. The highest BCUT2D eigenvalue weighted by Crippen LogP contribution is 2.39. The van der Waals surface area contributed by atoms with Gasteiger partial charge in [0.1, 0.15) is 0 Å². The van der Waals surface area contributed by atoms with Crippen LogP contribution in [0.3, 0.4) is 0 Å². The lowest BCUT2D eigenvalue weighted by molar-refractivity contribution is 0.180. The first-order valence-corrected chi connectivity index (χ1v) is 7.09. The Bertz CT molecular complexity index is 380. The van der Waals surface area contributed by atoms with Gasteiger partial charge in [-0.05, 0) is 41.5 Å². The topological polar surface area (TPSA) is 64.9 Å². The maximum atomic E-state index is 5.01. The number of methoxy groups -OCH3 is 1. The average Bonchev–Trinajstić information content (AvgIpc) is 2.83. The molecule has 0 bridgehead atoms. The summed E-state index contributed by atoms with van der Waals surface area (Å²) in [6.07, 6.45) is 4.83. The summed E-state index contributed by atoms with van der Waals surface area (Å²) in [7, 11) is 1.70. The number of tetrazole rings is 1. The van der Waals surface area contributed by atoms with Crippen molar-refractivity contribution in [1.82, 2.24) is 25.5 Å². The normalized spacial score (nSPS) is 19.7. The van der Waals surface area contributed by atoms with E-state index in [1.165, 1.54) is 25.7 Å². The van der Waals surface area contributed by atoms with Crippen LogP contribution in [-0.2, 0) is 11.3 Å². The molecule has 1 aliphatic carbocycles. The van der Waals surface area contributed by atoms with E-state index in [1.54, 1.807) is 7.11 Å². The SMILES string of the molecule is COCCNCc1nnnn1C1CCC(C)(C)CC1. The van der Waals surface area contributed by atoms with Crippen LogP contribution in [-0.4, -0.2) is 40.5 Å². The standard InChI is InChI=1S/C13H25N5O/c1-13(2)6-4-11(5-7-13)18-12(15-16-17-18)10-14-8-9-19-3/h11,14H,4-10H2,1-3H3. The summed E-state index contributed by atoms with van der Waals surface area (Å²) in [6.45, 7) is 6.92. The van der Waals surface area contributed by atoms with E-state index in [0.717, 1.165) is 12.4 Å². The number of nitrogens with zero attached hydrogens (tertiary/aromatic N) is 4. The van der Waals surface area contributed by atoms with Crippen molar-refractivity contribution in [3.63, 3.8) is 0 Å². The highest BCUT2D eigenvalue weighted by Gasteiger charge is 2.29. The molecule has 1 N–H and O–H groups in total. The summed E-state index contributed by atoms with van der Waals surface area (Å²) in [6, 6.07) is 0.460. The first kappa shape index (κ1) is 14.4. The van der Waals surface area contributed by atoms with Crippen LogP contribution in [0.4, 0.5) is 0 Å². The van der Waals surface area contributed by atoms with Gasteiger partial charge in [-0.15, -0.1) is 5.10 Å². The summed E-state index contributed by atoms with van der Waals surface area (Å²) in [5.74, 6) is 0.931. The van der Waals surface area contributed by atoms with E-state index in [-0.39, 0.29) is 0 Å². The molecule has 6 heteroatoms. The molecule has 0 atom stereocenters. The predicted molar refractivity (Wildman–Crippen MR) is 72.7 cm³/mol. The van der Waals surface area contributed by atoms with Crippen molar-refractivity contribution in [2.75, 3.05) is 20.3 Å². The number of hydrogen-bond acceptors (Lipinski definition) is 5. The molecule has 0 spiro atoms. The van der Waals surface area contributed by atoms with Gasteiger partial charge in [0.05, 0.1) is 19.2 Å². The molecule has 108 valence electrons. The van der Waals surface area contributed by atoms with Crippen LogP contribution in [0, 0.1) is 5.41 Å². The minimum absolute atomic E-state index is 0.460. The number of rotatable bonds is 6. The lowest BCUT2D eigenvalue weighted by Crippen LogP contribution is -2.27. The fourth-order valence-electron chi connectivity index (χ4n) is 2.62. The van der Waals surface area contributed by atoms with Crippen molar-refractivity contribution in [2.45, 2.75) is 52.1 Å². The lowest BCUT2D eigenvalue weighted by atomic mass is 9.75. The van der Waals surface area contributed by atoms with E-state index in [1.807, 2.05) is 4.68 Å². The van der Waals surface area contributed by atoms with E-state index in [0.29, 0.717) is 24.6 Å². The van der Waals surface area contributed by atoms with E-state index < -0.39 is 0 Å². The highest BCUT2D eigenvalue weighted by molar-refractivity contribution is 4.88. The molecule has 1 aromatic rings. The third kappa shape index (κ3) is 3.98. The fraction of sp³-hybridized carbons (Fsp3) is 0.923. The maximum Gasteiger partial charge on any atom is 0.165 e. The Morgan fingerprint density at radius 1 is 1.37 bits per heavy atom. The van der Waals surface area contributed by atoms with Crippen molar-refractivity contribution in [2.24, 2.45) is 5.41 Å². The Morgan fingerprint density at radius 3 is 2.79 bits per heavy atom. The second-order valence-corrected chi connectivity index (χ2v) is 6.10. The number of hydrogen-bond donors (Lipinski definition) is 1. The number of ether oxygens (including phenoxy) is 1. The van der Waals surface area contributed by atoms with Crippen LogP contribution in [0.5, 0.6) is 0 Å². The van der Waals surface area contributed by atoms with E-state index in [4.69, 9.17) is 4.74 Å². The van der Waals surface area contributed by atoms with E-state index >= 15 is 0 Å². The molecule has 0 aliphatic heterocycles. The number of nitrogens with one attached hydrogen (secondary N) is 1. The molecule has 0 amide bonds. The van der Waals surface area contributed by atoms with Gasteiger partial charge in [0, 0.05) is 13.7 Å². The van der Waals surface area contributed by atoms with Crippen LogP contribution in [0.2, 0.25) is 0 Å². The van der Waals surface area contributed by atoms with Gasteiger partial charge in [-0.25, -0.2) is 4.68 Å². The second-order valence-electron chi connectivity index (χ2n) is 6.10. The minimum Gasteiger partial charge on any atom is -0.383 e. The second kappa shape index (κ2) is 6.43. The van der Waals surface area contributed by atoms with Gasteiger partial charge < -0.3 is 10.1 Å². The molecule has 0 aromatic carbocycles. The van der Waals surface area contributed by atoms with Gasteiger partial charge >= 0.3 is 0 Å². The minimum atomic E-state index is 0.460. The Hall–Kier alpha value is -1.01. The zero-order chi connectivity index (χ0) is 13.7. The number of aromatic nitrogens is 4. The molecule has 1 aromatic heterocycles. The molecule has 2 rings (SSSR count). The van der Waals surface area contributed by atoms with Crippen molar-refractivity contribution in [3.05, 3.63) is 5.82 Å². The molecule has 0 radical (unpaired) electrons. The van der Waals surface area contributed by atoms with Gasteiger partial charge in [0.15, 0.2) is 5.82 Å². The van der Waals surface area contributed by atoms with Crippen molar-refractivity contribution >= 4 is 0 Å². The summed E-state index contributed by atoms with van der Waals surface area (Å²) in [5.41, 5.74) is 0.474. The predicted octanol–water partition coefficient (Wildman–Crippen LogP) is 1.55. The molecule has 1 aliphatic rings. The Morgan fingerprint density at radius 2 is 2.11 bits per heavy atom. The van der Waals surface area contributed by atoms with Gasteiger partial charge in [-0.2, -0.15) is 0 Å². The van der Waals surface area contributed by atoms with Gasteiger partial charge in [0.25, 0.3) is 0 Å². The van der Waals surface area contributed by atoms with Crippen LogP contribution >= 0.6 is 0 Å². The van der Waals surface area contributed by atoms with Crippen molar-refractivity contribution < 1.29 is 4.74 Å². The fourth-order valence-corrected chi connectivity index (χ4v) is 2.62. The third-order valence-electron chi connectivity index (χ3n) is 3.98. The quantitative estimate of drug-likeness (QED) is 0.792. The maximum absolute atomic E-state index is 5.01. The monoisotopic (exact) mass is 267 g/mol. The zero-order valence-electron chi connectivity index (χ0n) is 12.2. The molecule has 0 saturated heterocycles. The summed E-state index contributed by atoms with van der Waals surface area (Å²) >= 11 is 0. The molecule has 1 saturated carbocycles. The summed E-state index contributed by atoms with van der Waals surface area (Å²) < 4.78 is 7.02. The van der Waals surface area contributed by atoms with Crippen LogP contribution in [0.15, 0.2) is 0 Å². The van der Waals surface area contributed by atoms with Crippen LogP contribution in [0.1, 0.15) is 51.4 Å². The third-order valence-corrected chi connectivity index (χ3v) is 3.98. The summed E-state index contributed by atoms with van der Waals surface area (Å²) in [4.78, 5) is 0. The smallest absolute Gasteiger partial charge is 0.165 e. The van der Waals surface area contributed by atoms with Gasteiger partial charge in [0.2, 0.25) is 0 Å². The Labute approximate surface area is 114 Å².